The van der Waals surface area contributed by atoms with E-state index < -0.39 is 0 Å². The molecular weight excluding hydrogens is 236 g/mol. The average molecular weight is 262 g/mol. The lowest BCUT2D eigenvalue weighted by Gasteiger charge is -2.42. The molecule has 0 aromatic rings. The first kappa shape index (κ1) is 13.2. The van der Waals surface area contributed by atoms with Gasteiger partial charge in [0.15, 0.2) is 0 Å². The van der Waals surface area contributed by atoms with Crippen molar-refractivity contribution in [2.45, 2.75) is 38.5 Å². The average Bonchev–Trinajstić information content (AvgIpc) is 2.91. The van der Waals surface area contributed by atoms with Gasteiger partial charge in [-0.1, -0.05) is 18.9 Å². The van der Waals surface area contributed by atoms with E-state index in [2.05, 4.69) is 22.9 Å². The number of hydrogen-bond donors (Lipinski definition) is 1. The Labute approximate surface area is 116 Å². The third-order valence-corrected chi connectivity index (χ3v) is 5.62. The Balaban J connectivity index is 1.70. The minimum Gasteiger partial charge on any atom is -0.342 e. The summed E-state index contributed by atoms with van der Waals surface area (Å²) in [5.74, 6) is 1.65. The van der Waals surface area contributed by atoms with Gasteiger partial charge in [0.1, 0.15) is 0 Å². The Morgan fingerprint density at radius 2 is 2.05 bits per heavy atom. The number of fused-ring (bicyclic) bond motifs is 1. The van der Waals surface area contributed by atoms with Crippen molar-refractivity contribution >= 4 is 5.91 Å². The number of carbonyl (C=O) groups excluding carboxylic acids is 1. The van der Waals surface area contributed by atoms with Crippen molar-refractivity contribution in [1.82, 2.24) is 10.2 Å². The van der Waals surface area contributed by atoms with Gasteiger partial charge in [-0.25, -0.2) is 0 Å². The van der Waals surface area contributed by atoms with E-state index >= 15 is 0 Å². The molecule has 106 valence electrons. The fourth-order valence-electron chi connectivity index (χ4n) is 4.32. The molecule has 3 heteroatoms. The molecule has 0 radical (unpaired) electrons. The van der Waals surface area contributed by atoms with Gasteiger partial charge in [-0.2, -0.15) is 0 Å². The van der Waals surface area contributed by atoms with Crippen LogP contribution in [0, 0.1) is 17.3 Å². The second-order valence-electron chi connectivity index (χ2n) is 6.60. The normalized spacial score (nSPS) is 36.0. The van der Waals surface area contributed by atoms with Crippen LogP contribution in [0.15, 0.2) is 12.7 Å². The molecular formula is C16H26N2O. The van der Waals surface area contributed by atoms with Gasteiger partial charge in [0.25, 0.3) is 0 Å². The third-order valence-electron chi connectivity index (χ3n) is 5.62. The molecule has 3 nitrogen and oxygen atoms in total. The Bertz CT molecular complexity index is 360. The Morgan fingerprint density at radius 1 is 1.26 bits per heavy atom. The molecule has 2 atom stereocenters. The van der Waals surface area contributed by atoms with E-state index in [1.54, 1.807) is 0 Å². The summed E-state index contributed by atoms with van der Waals surface area (Å²) in [6.45, 7) is 7.72. The summed E-state index contributed by atoms with van der Waals surface area (Å²) in [7, 11) is 0. The molecule has 0 unspecified atom stereocenters. The van der Waals surface area contributed by atoms with Crippen LogP contribution in [0.25, 0.3) is 0 Å². The first-order chi connectivity index (χ1) is 9.26. The molecule has 1 aliphatic carbocycles. The molecule has 19 heavy (non-hydrogen) atoms. The molecule has 1 amide bonds. The molecule has 3 fully saturated rings. The van der Waals surface area contributed by atoms with E-state index in [-0.39, 0.29) is 5.41 Å². The summed E-state index contributed by atoms with van der Waals surface area (Å²) >= 11 is 0. The largest absolute Gasteiger partial charge is 0.342 e. The Hall–Kier alpha value is -0.830. The van der Waals surface area contributed by atoms with E-state index in [0.29, 0.717) is 17.7 Å². The monoisotopic (exact) mass is 262 g/mol. The molecule has 2 aliphatic heterocycles. The zero-order valence-corrected chi connectivity index (χ0v) is 11.9. The van der Waals surface area contributed by atoms with Crippen LogP contribution < -0.4 is 5.32 Å². The van der Waals surface area contributed by atoms with Crippen molar-refractivity contribution < 1.29 is 4.79 Å². The number of allylic oxidation sites excluding steroid dienone is 1. The van der Waals surface area contributed by atoms with Crippen LogP contribution in [0.3, 0.4) is 0 Å². The SMILES string of the molecule is C=CC1CCN(C(=O)[C@@]23CCCC[C@H]2CNC3)CC1. The highest BCUT2D eigenvalue weighted by molar-refractivity contribution is 5.84. The van der Waals surface area contributed by atoms with E-state index in [1.165, 1.54) is 19.3 Å². The maximum absolute atomic E-state index is 13.0. The van der Waals surface area contributed by atoms with E-state index in [9.17, 15) is 4.79 Å². The van der Waals surface area contributed by atoms with Gasteiger partial charge in [0, 0.05) is 19.6 Å². The van der Waals surface area contributed by atoms with Crippen LogP contribution in [0.2, 0.25) is 0 Å². The molecule has 2 saturated heterocycles. The minimum absolute atomic E-state index is 0.0563. The van der Waals surface area contributed by atoms with Gasteiger partial charge in [0.2, 0.25) is 5.91 Å². The van der Waals surface area contributed by atoms with Gasteiger partial charge < -0.3 is 10.2 Å². The van der Waals surface area contributed by atoms with Crippen LogP contribution in [0.4, 0.5) is 0 Å². The highest BCUT2D eigenvalue weighted by Crippen LogP contribution is 2.45. The van der Waals surface area contributed by atoms with Gasteiger partial charge in [-0.05, 0) is 44.1 Å². The second kappa shape index (κ2) is 5.28. The topological polar surface area (TPSA) is 32.3 Å². The number of nitrogens with one attached hydrogen (secondary N) is 1. The van der Waals surface area contributed by atoms with Gasteiger partial charge >= 0.3 is 0 Å². The fourth-order valence-corrected chi connectivity index (χ4v) is 4.32. The summed E-state index contributed by atoms with van der Waals surface area (Å²) < 4.78 is 0. The zero-order chi connectivity index (χ0) is 13.3. The molecule has 1 N–H and O–H groups in total. The van der Waals surface area contributed by atoms with Crippen molar-refractivity contribution in [3.8, 4) is 0 Å². The van der Waals surface area contributed by atoms with Crippen LogP contribution in [0.1, 0.15) is 38.5 Å². The van der Waals surface area contributed by atoms with E-state index in [1.807, 2.05) is 0 Å². The second-order valence-corrected chi connectivity index (χ2v) is 6.60. The molecule has 0 spiro atoms. The number of carbonyl (C=O) groups is 1. The quantitative estimate of drug-likeness (QED) is 0.774. The van der Waals surface area contributed by atoms with Crippen LogP contribution in [-0.4, -0.2) is 37.0 Å². The van der Waals surface area contributed by atoms with Gasteiger partial charge in [-0.15, -0.1) is 6.58 Å². The maximum Gasteiger partial charge on any atom is 0.230 e. The summed E-state index contributed by atoms with van der Waals surface area (Å²) in [6, 6.07) is 0. The molecule has 0 bridgehead atoms. The lowest BCUT2D eigenvalue weighted by Crippen LogP contribution is -2.51. The van der Waals surface area contributed by atoms with Crippen LogP contribution in [0.5, 0.6) is 0 Å². The number of likely N-dealkylation sites (tertiary alicyclic amines) is 1. The standard InChI is InChI=1S/C16H26N2O/c1-2-13-6-9-18(10-7-13)15(19)16-8-4-3-5-14(16)11-17-12-16/h2,13-14,17H,1,3-12H2/t14-,16+/m0/s1. The smallest absolute Gasteiger partial charge is 0.230 e. The van der Waals surface area contributed by atoms with Gasteiger partial charge in [0.05, 0.1) is 5.41 Å². The number of piperidine rings is 1. The minimum atomic E-state index is -0.0563. The van der Waals surface area contributed by atoms with Crippen LogP contribution >= 0.6 is 0 Å². The van der Waals surface area contributed by atoms with Crippen molar-refractivity contribution in [1.29, 1.82) is 0 Å². The Morgan fingerprint density at radius 3 is 2.79 bits per heavy atom. The molecule has 2 heterocycles. The highest BCUT2D eigenvalue weighted by Gasteiger charge is 2.51. The molecule has 1 saturated carbocycles. The molecule has 3 rings (SSSR count). The predicted octanol–water partition coefficient (Wildman–Crippen LogP) is 2.19. The highest BCUT2D eigenvalue weighted by atomic mass is 16.2. The molecule has 0 aromatic carbocycles. The predicted molar refractivity (Wildman–Crippen MR) is 76.8 cm³/mol. The van der Waals surface area contributed by atoms with Crippen molar-refractivity contribution in [2.24, 2.45) is 17.3 Å². The zero-order valence-electron chi connectivity index (χ0n) is 11.9. The first-order valence-electron chi connectivity index (χ1n) is 7.89. The van der Waals surface area contributed by atoms with Crippen molar-refractivity contribution in [2.75, 3.05) is 26.2 Å². The summed E-state index contributed by atoms with van der Waals surface area (Å²) in [4.78, 5) is 15.2. The maximum atomic E-state index is 13.0. The lowest BCUT2D eigenvalue weighted by molar-refractivity contribution is -0.146. The fraction of sp³-hybridized carbons (Fsp3) is 0.812. The van der Waals surface area contributed by atoms with E-state index in [4.69, 9.17) is 0 Å². The summed E-state index contributed by atoms with van der Waals surface area (Å²) in [6.07, 6.45) is 9.13. The summed E-state index contributed by atoms with van der Waals surface area (Å²) in [5, 5.41) is 3.48. The number of amides is 1. The Kier molecular flexibility index (Phi) is 3.66. The number of rotatable bonds is 2. The third kappa shape index (κ3) is 2.22. The first-order valence-corrected chi connectivity index (χ1v) is 7.89. The van der Waals surface area contributed by atoms with Crippen molar-refractivity contribution in [3.05, 3.63) is 12.7 Å². The van der Waals surface area contributed by atoms with E-state index in [0.717, 1.165) is 45.4 Å². The number of hydrogen-bond acceptors (Lipinski definition) is 2. The summed E-state index contributed by atoms with van der Waals surface area (Å²) in [5.41, 5.74) is -0.0563. The molecule has 0 aromatic heterocycles. The van der Waals surface area contributed by atoms with Crippen LogP contribution in [-0.2, 0) is 4.79 Å². The lowest BCUT2D eigenvalue weighted by atomic mass is 9.67. The van der Waals surface area contributed by atoms with Gasteiger partial charge in [-0.3, -0.25) is 4.79 Å². The number of nitrogens with zero attached hydrogens (tertiary/aromatic N) is 1. The molecule has 3 aliphatic rings. The van der Waals surface area contributed by atoms with Crippen molar-refractivity contribution in [3.63, 3.8) is 0 Å².